The molecular formula is C41H50F4N6O6S. The van der Waals surface area contributed by atoms with E-state index in [9.17, 15) is 40.4 Å². The maximum Gasteiger partial charge on any atom is 0.416 e. The lowest BCUT2D eigenvalue weighted by Crippen LogP contribution is -2.58. The summed E-state index contributed by atoms with van der Waals surface area (Å²) in [6.07, 6.45) is 1.46. The Kier molecular flexibility index (Phi) is 10.9. The molecule has 3 heterocycles. The van der Waals surface area contributed by atoms with Crippen LogP contribution in [0.25, 0.3) is 11.0 Å². The largest absolute Gasteiger partial charge is 0.459 e. The summed E-state index contributed by atoms with van der Waals surface area (Å²) in [5.41, 5.74) is -1.78. The average molecular weight is 831 g/mol. The van der Waals surface area contributed by atoms with Gasteiger partial charge in [0, 0.05) is 24.6 Å². The van der Waals surface area contributed by atoms with Gasteiger partial charge in [0.2, 0.25) is 21.8 Å². The molecule has 2 aliphatic heterocycles. The van der Waals surface area contributed by atoms with Crippen LogP contribution in [-0.2, 0) is 37.1 Å². The number of carbonyl (C=O) groups is 3. The zero-order valence-electron chi connectivity index (χ0n) is 33.0. The first kappa shape index (κ1) is 41.5. The number of fused-ring (bicyclic) bond motifs is 3. The predicted octanol–water partition coefficient (Wildman–Crippen LogP) is 6.46. The first-order valence-corrected chi connectivity index (χ1v) is 21.3. The topological polar surface area (TPSA) is 152 Å². The van der Waals surface area contributed by atoms with Crippen LogP contribution in [0.4, 0.5) is 23.2 Å². The maximum atomic E-state index is 14.7. The normalized spacial score (nSPS) is 26.5. The summed E-state index contributed by atoms with van der Waals surface area (Å²) < 4.78 is 91.6. The van der Waals surface area contributed by atoms with Crippen molar-refractivity contribution in [3.63, 3.8) is 0 Å². The number of anilines is 1. The molecule has 3 amide bonds. The van der Waals surface area contributed by atoms with Crippen LogP contribution in [0, 0.1) is 17.2 Å². The lowest BCUT2D eigenvalue weighted by Gasteiger charge is -2.30. The molecule has 0 unspecified atom stereocenters. The highest BCUT2D eigenvalue weighted by molar-refractivity contribution is 7.91. The molecule has 0 radical (unpaired) electrons. The van der Waals surface area contributed by atoms with Gasteiger partial charge in [-0.3, -0.25) is 23.7 Å². The number of nitrogens with zero attached hydrogens (tertiary/aromatic N) is 3. The van der Waals surface area contributed by atoms with Gasteiger partial charge in [0.05, 0.1) is 27.9 Å². The van der Waals surface area contributed by atoms with E-state index in [1.807, 2.05) is 34.9 Å². The van der Waals surface area contributed by atoms with Crippen molar-refractivity contribution >= 4 is 44.5 Å². The maximum absolute atomic E-state index is 14.7. The Morgan fingerprint density at radius 3 is 2.52 bits per heavy atom. The number of alkyl halides is 3. The van der Waals surface area contributed by atoms with E-state index in [-0.39, 0.29) is 42.9 Å². The van der Waals surface area contributed by atoms with Crippen molar-refractivity contribution in [3.8, 4) is 6.01 Å². The van der Waals surface area contributed by atoms with Crippen LogP contribution in [0.5, 0.6) is 6.01 Å². The Morgan fingerprint density at radius 2 is 1.81 bits per heavy atom. The number of amides is 3. The smallest absolute Gasteiger partial charge is 0.416 e. The highest BCUT2D eigenvalue weighted by atomic mass is 32.2. The minimum atomic E-state index is -4.84. The van der Waals surface area contributed by atoms with E-state index in [1.165, 1.54) is 4.90 Å². The van der Waals surface area contributed by atoms with Gasteiger partial charge in [-0.15, -0.1) is 0 Å². The number of imidazole rings is 1. The Balaban J connectivity index is 1.23. The second kappa shape index (κ2) is 15.2. The summed E-state index contributed by atoms with van der Waals surface area (Å²) in [5.74, 6) is -3.86. The predicted molar refractivity (Wildman–Crippen MR) is 208 cm³/mol. The van der Waals surface area contributed by atoms with Gasteiger partial charge in [-0.05, 0) is 81.2 Å². The molecule has 0 bridgehead atoms. The fourth-order valence-electron chi connectivity index (χ4n) is 7.90. The molecule has 7 rings (SSSR count). The second-order valence-electron chi connectivity index (χ2n) is 17.7. The third kappa shape index (κ3) is 8.69. The first-order valence-electron chi connectivity index (χ1n) is 19.8. The van der Waals surface area contributed by atoms with Gasteiger partial charge < -0.3 is 20.3 Å². The Bertz CT molecular complexity index is 2230. The zero-order chi connectivity index (χ0) is 41.8. The Morgan fingerprint density at radius 1 is 1.07 bits per heavy atom. The third-order valence-electron chi connectivity index (χ3n) is 11.6. The standard InChI is InChI=1S/C41H50F4N6O6S/c1-38(2,3)24-51-32-15-11-10-13-30(32)47-37(51)57-29-21-33-34(52)48-40(36(54)49-58(55,56)39(4)16-17-39)22-25(40)12-8-6-5-7-9-14-31(35(53)50(33)23-29)46-28-19-26(41(43,44)45)18-27(42)20-28/h8,10-13,15,18-20,25,29,31,33,46H,5-7,9,14,16-17,21-24H2,1-4H3,(H,48,52)(H,49,54)/t25-,29-,31+,33+,40-/m1/s1. The first-order chi connectivity index (χ1) is 27.2. The van der Waals surface area contributed by atoms with E-state index in [1.54, 1.807) is 13.0 Å². The molecule has 2 aliphatic carbocycles. The van der Waals surface area contributed by atoms with Crippen molar-refractivity contribution in [2.24, 2.45) is 11.3 Å². The molecule has 2 aromatic carbocycles. The number of ether oxygens (including phenoxy) is 1. The van der Waals surface area contributed by atoms with Crippen LogP contribution in [0.3, 0.4) is 0 Å². The third-order valence-corrected chi connectivity index (χ3v) is 13.7. The summed E-state index contributed by atoms with van der Waals surface area (Å²) in [4.78, 5) is 49.2. The fourth-order valence-corrected chi connectivity index (χ4v) is 9.22. The summed E-state index contributed by atoms with van der Waals surface area (Å²) >= 11 is 0. The van der Waals surface area contributed by atoms with E-state index >= 15 is 0 Å². The van der Waals surface area contributed by atoms with E-state index in [0.29, 0.717) is 56.7 Å². The highest BCUT2D eigenvalue weighted by Crippen LogP contribution is 2.47. The van der Waals surface area contributed by atoms with Crippen molar-refractivity contribution in [1.29, 1.82) is 0 Å². The Hall–Kier alpha value is -4.67. The number of sulfonamides is 1. The monoisotopic (exact) mass is 830 g/mol. The van der Waals surface area contributed by atoms with Crippen LogP contribution in [-0.4, -0.2) is 75.6 Å². The van der Waals surface area contributed by atoms with Crippen molar-refractivity contribution in [2.45, 2.75) is 127 Å². The molecule has 1 aromatic heterocycles. The molecular weight excluding hydrogens is 781 g/mol. The number of halogens is 4. The van der Waals surface area contributed by atoms with Gasteiger partial charge in [0.25, 0.3) is 11.9 Å². The van der Waals surface area contributed by atoms with Gasteiger partial charge >= 0.3 is 6.18 Å². The number of aromatic nitrogens is 2. The van der Waals surface area contributed by atoms with Crippen molar-refractivity contribution in [2.75, 3.05) is 11.9 Å². The Labute approximate surface area is 335 Å². The van der Waals surface area contributed by atoms with Crippen molar-refractivity contribution in [3.05, 3.63) is 66.0 Å². The van der Waals surface area contributed by atoms with Crippen LogP contribution >= 0.6 is 0 Å². The van der Waals surface area contributed by atoms with Gasteiger partial charge in [-0.1, -0.05) is 57.9 Å². The summed E-state index contributed by atoms with van der Waals surface area (Å²) in [5, 5.41) is 5.68. The molecule has 58 heavy (non-hydrogen) atoms. The number of hydrogen-bond donors (Lipinski definition) is 3. The SMILES string of the molecule is CC(C)(C)Cn1c(O[C@@H]2C[C@H]3C(=O)N[C@]4(C(=O)NS(=O)(=O)C5(C)CC5)C[C@H]4C=CCCCCC[C@H](Nc4cc(F)cc(C(F)(F)F)c4)C(=O)N3C2)nc2ccccc21. The number of hydrogen-bond acceptors (Lipinski definition) is 8. The lowest BCUT2D eigenvalue weighted by atomic mass is 9.97. The summed E-state index contributed by atoms with van der Waals surface area (Å²) in [7, 11) is -4.05. The van der Waals surface area contributed by atoms with Gasteiger partial charge in [-0.2, -0.15) is 18.2 Å². The summed E-state index contributed by atoms with van der Waals surface area (Å²) in [6.45, 7) is 8.14. The molecule has 5 atom stereocenters. The molecule has 3 fully saturated rings. The molecule has 12 nitrogen and oxygen atoms in total. The minimum Gasteiger partial charge on any atom is -0.459 e. The number of rotatable bonds is 8. The van der Waals surface area contributed by atoms with Gasteiger partial charge in [0.15, 0.2) is 0 Å². The summed E-state index contributed by atoms with van der Waals surface area (Å²) in [6, 6.07) is 7.35. The van der Waals surface area contributed by atoms with E-state index in [4.69, 9.17) is 9.72 Å². The van der Waals surface area contributed by atoms with E-state index < -0.39 is 79.7 Å². The van der Waals surface area contributed by atoms with Crippen LogP contribution in [0.2, 0.25) is 0 Å². The number of para-hydroxylation sites is 2. The number of benzene rings is 2. The molecule has 17 heteroatoms. The number of carbonyl (C=O) groups excluding carboxylic acids is 3. The lowest BCUT2D eigenvalue weighted by molar-refractivity contribution is -0.140. The zero-order valence-corrected chi connectivity index (χ0v) is 33.8. The highest BCUT2D eigenvalue weighted by Gasteiger charge is 2.63. The van der Waals surface area contributed by atoms with Crippen molar-refractivity contribution in [1.82, 2.24) is 24.5 Å². The molecule has 1 saturated heterocycles. The fraction of sp³-hybridized carbons (Fsp3) is 0.561. The molecule has 2 saturated carbocycles. The van der Waals surface area contributed by atoms with Crippen LogP contribution < -0.4 is 20.1 Å². The van der Waals surface area contributed by atoms with E-state index in [0.717, 1.165) is 17.6 Å². The number of nitrogens with one attached hydrogen (secondary N) is 3. The van der Waals surface area contributed by atoms with E-state index in [2.05, 4.69) is 36.1 Å². The minimum absolute atomic E-state index is 0.0459. The molecule has 3 aromatic rings. The van der Waals surface area contributed by atoms with Crippen molar-refractivity contribution < 1.29 is 45.1 Å². The average Bonchev–Trinajstić information content (AvgIpc) is 3.97. The molecule has 4 aliphatic rings. The molecule has 3 N–H and O–H groups in total. The second-order valence-corrected chi connectivity index (χ2v) is 19.9. The quantitative estimate of drug-likeness (QED) is 0.173. The molecule has 314 valence electrons. The van der Waals surface area contributed by atoms with Gasteiger partial charge in [-0.25, -0.2) is 12.8 Å². The van der Waals surface area contributed by atoms with Gasteiger partial charge in [0.1, 0.15) is 29.5 Å². The molecule has 0 spiro atoms. The van der Waals surface area contributed by atoms with Crippen LogP contribution in [0.15, 0.2) is 54.6 Å². The number of allylic oxidation sites excluding steroid dienone is 1. The van der Waals surface area contributed by atoms with Crippen LogP contribution in [0.1, 0.15) is 91.0 Å².